The number of hydrogen-bond acceptors (Lipinski definition) is 0. The van der Waals surface area contributed by atoms with Crippen LogP contribution in [0, 0.1) is 0 Å². The summed E-state index contributed by atoms with van der Waals surface area (Å²) < 4.78 is 1.42. The van der Waals surface area contributed by atoms with Crippen LogP contribution in [0.4, 0.5) is 0 Å². The summed E-state index contributed by atoms with van der Waals surface area (Å²) >= 11 is 0. The first-order valence-corrected chi connectivity index (χ1v) is 8.09. The average molecular weight is 301 g/mol. The van der Waals surface area contributed by atoms with Gasteiger partial charge in [0.2, 0.25) is 0 Å². The molecule has 0 saturated heterocycles. The second kappa shape index (κ2) is 13.9. The van der Waals surface area contributed by atoms with Crippen molar-refractivity contribution in [2.24, 2.45) is 0 Å². The van der Waals surface area contributed by atoms with E-state index in [0.717, 1.165) is 0 Å². The second-order valence-electron chi connectivity index (χ2n) is 5.65. The molecule has 0 amide bonds. The van der Waals surface area contributed by atoms with E-state index in [1.807, 2.05) is 0 Å². The van der Waals surface area contributed by atoms with Crippen molar-refractivity contribution in [3.8, 4) is 0 Å². The Morgan fingerprint density at radius 2 is 0.722 bits per heavy atom. The molecule has 0 aromatic rings. The first kappa shape index (κ1) is 20.8. The molecule has 0 saturated carbocycles. The number of quaternary nitrogens is 1. The molecule has 18 heavy (non-hydrogen) atoms. The smallest absolute Gasteiger partial charge is 0.324 e. The van der Waals surface area contributed by atoms with Crippen molar-refractivity contribution in [1.29, 1.82) is 0 Å². The van der Waals surface area contributed by atoms with Crippen LogP contribution in [-0.2, 0) is 16.5 Å². The third-order valence-electron chi connectivity index (χ3n) is 3.94. The van der Waals surface area contributed by atoms with Crippen LogP contribution in [0.1, 0.15) is 79.1 Å². The molecule has 0 aromatic carbocycles. The monoisotopic (exact) mass is 300 g/mol. The first-order chi connectivity index (χ1) is 8.24. The molecular weight excluding hydrogens is 265 g/mol. The molecule has 0 radical (unpaired) electrons. The van der Waals surface area contributed by atoms with E-state index >= 15 is 0 Å². The topological polar surface area (TPSA) is 0 Å². The van der Waals surface area contributed by atoms with Gasteiger partial charge in [-0.2, -0.15) is 0 Å². The van der Waals surface area contributed by atoms with E-state index in [0.29, 0.717) is 0 Å². The molecule has 2 heteroatoms. The van der Waals surface area contributed by atoms with Crippen molar-refractivity contribution in [3.05, 3.63) is 0 Å². The van der Waals surface area contributed by atoms with Crippen molar-refractivity contribution in [2.75, 3.05) is 26.2 Å². The van der Waals surface area contributed by atoms with Gasteiger partial charge >= 0.3 is 16.5 Å². The molecule has 0 atom stereocenters. The van der Waals surface area contributed by atoms with Gasteiger partial charge in [-0.1, -0.05) is 53.4 Å². The summed E-state index contributed by atoms with van der Waals surface area (Å²) in [5.41, 5.74) is 0. The zero-order valence-electron chi connectivity index (χ0n) is 13.2. The Morgan fingerprint density at radius 3 is 0.889 bits per heavy atom. The van der Waals surface area contributed by atoms with Gasteiger partial charge in [-0.3, -0.25) is 0 Å². The zero-order valence-corrected chi connectivity index (χ0v) is 14.2. The second-order valence-corrected chi connectivity index (χ2v) is 5.65. The Morgan fingerprint density at radius 1 is 0.500 bits per heavy atom. The SMILES string of the molecule is CCCC[N+](CCCC)(CCCC)CCCC.[Ni+2]. The molecule has 0 N–H and O–H groups in total. The molecule has 0 unspecified atom stereocenters. The molecular formula is C16H36NNi+3. The largest absolute Gasteiger partial charge is 2.00 e. The number of hydrogen-bond donors (Lipinski definition) is 0. The summed E-state index contributed by atoms with van der Waals surface area (Å²) in [5, 5.41) is 0. The van der Waals surface area contributed by atoms with Crippen LogP contribution < -0.4 is 0 Å². The normalized spacial score (nSPS) is 11.3. The maximum absolute atomic E-state index is 2.33. The minimum atomic E-state index is 0. The van der Waals surface area contributed by atoms with E-state index in [4.69, 9.17) is 0 Å². The van der Waals surface area contributed by atoms with Crippen molar-refractivity contribution in [3.63, 3.8) is 0 Å². The van der Waals surface area contributed by atoms with Gasteiger partial charge in [0.25, 0.3) is 0 Å². The summed E-state index contributed by atoms with van der Waals surface area (Å²) in [6.07, 6.45) is 11.1. The molecule has 0 aliphatic rings. The van der Waals surface area contributed by atoms with Gasteiger partial charge in [0, 0.05) is 0 Å². The van der Waals surface area contributed by atoms with Gasteiger partial charge in [-0.05, 0) is 25.7 Å². The van der Waals surface area contributed by atoms with E-state index in [2.05, 4.69) is 27.7 Å². The van der Waals surface area contributed by atoms with Crippen LogP contribution in [0.2, 0.25) is 0 Å². The molecule has 0 fully saturated rings. The summed E-state index contributed by atoms with van der Waals surface area (Å²) in [7, 11) is 0. The average Bonchev–Trinajstić information content (AvgIpc) is 2.37. The number of nitrogens with zero attached hydrogens (tertiary/aromatic N) is 1. The molecule has 0 aromatic heterocycles. The van der Waals surface area contributed by atoms with Crippen molar-refractivity contribution in [1.82, 2.24) is 0 Å². The van der Waals surface area contributed by atoms with Gasteiger partial charge in [-0.25, -0.2) is 0 Å². The zero-order chi connectivity index (χ0) is 13.0. The molecule has 0 spiro atoms. The van der Waals surface area contributed by atoms with Crippen molar-refractivity contribution < 1.29 is 21.0 Å². The molecule has 1 nitrogen and oxygen atoms in total. The fourth-order valence-electron chi connectivity index (χ4n) is 2.64. The first-order valence-electron chi connectivity index (χ1n) is 8.09. The van der Waals surface area contributed by atoms with E-state index in [-0.39, 0.29) is 16.5 Å². The Hall–Kier alpha value is 0.454. The molecule has 0 rings (SSSR count). The molecule has 0 heterocycles. The standard InChI is InChI=1S/C16H36N.Ni/c1-5-9-13-17(14-10-6-2,15-11-7-3)16-12-8-4;/h5-16H2,1-4H3;/q+1;+2. The fraction of sp³-hybridized carbons (Fsp3) is 1.00. The van der Waals surface area contributed by atoms with Gasteiger partial charge in [-0.15, -0.1) is 0 Å². The maximum Gasteiger partial charge on any atom is 2.00 e. The molecule has 112 valence electrons. The number of rotatable bonds is 12. The van der Waals surface area contributed by atoms with Crippen LogP contribution in [0.3, 0.4) is 0 Å². The molecule has 0 aliphatic carbocycles. The Balaban J connectivity index is 0. The summed E-state index contributed by atoms with van der Waals surface area (Å²) in [4.78, 5) is 0. The van der Waals surface area contributed by atoms with E-state index in [1.54, 1.807) is 0 Å². The van der Waals surface area contributed by atoms with Gasteiger partial charge in [0.15, 0.2) is 0 Å². The van der Waals surface area contributed by atoms with Crippen molar-refractivity contribution >= 4 is 0 Å². The Kier molecular flexibility index (Phi) is 16.0. The van der Waals surface area contributed by atoms with E-state index in [9.17, 15) is 0 Å². The summed E-state index contributed by atoms with van der Waals surface area (Å²) in [6, 6.07) is 0. The van der Waals surface area contributed by atoms with Crippen LogP contribution in [0.25, 0.3) is 0 Å². The van der Waals surface area contributed by atoms with Gasteiger partial charge in [0.05, 0.1) is 26.2 Å². The Labute approximate surface area is 126 Å². The summed E-state index contributed by atoms with van der Waals surface area (Å²) in [5.74, 6) is 0. The van der Waals surface area contributed by atoms with E-state index in [1.165, 1.54) is 82.0 Å². The third-order valence-corrected chi connectivity index (χ3v) is 3.94. The van der Waals surface area contributed by atoms with Crippen LogP contribution >= 0.6 is 0 Å². The fourth-order valence-corrected chi connectivity index (χ4v) is 2.64. The molecule has 0 bridgehead atoms. The van der Waals surface area contributed by atoms with Gasteiger partial charge < -0.3 is 4.48 Å². The Bertz CT molecular complexity index is 122. The maximum atomic E-state index is 2.33. The quantitative estimate of drug-likeness (QED) is 0.351. The number of unbranched alkanes of at least 4 members (excludes halogenated alkanes) is 4. The van der Waals surface area contributed by atoms with E-state index < -0.39 is 0 Å². The summed E-state index contributed by atoms with van der Waals surface area (Å²) in [6.45, 7) is 15.0. The van der Waals surface area contributed by atoms with Crippen LogP contribution in [0.15, 0.2) is 0 Å². The minimum absolute atomic E-state index is 0. The predicted octanol–water partition coefficient (Wildman–Crippen LogP) is 5.00. The molecule has 0 aliphatic heterocycles. The predicted molar refractivity (Wildman–Crippen MR) is 79.4 cm³/mol. The van der Waals surface area contributed by atoms with Gasteiger partial charge in [0.1, 0.15) is 0 Å². The minimum Gasteiger partial charge on any atom is -0.324 e. The van der Waals surface area contributed by atoms with Crippen LogP contribution in [-0.4, -0.2) is 30.7 Å². The van der Waals surface area contributed by atoms with Crippen molar-refractivity contribution in [2.45, 2.75) is 79.1 Å². The third kappa shape index (κ3) is 9.39. The van der Waals surface area contributed by atoms with Crippen LogP contribution in [0.5, 0.6) is 0 Å².